The third-order valence-corrected chi connectivity index (χ3v) is 3.38. The Bertz CT molecular complexity index is 156. The molecule has 0 aliphatic heterocycles. The predicted molar refractivity (Wildman–Crippen MR) is 60.5 cm³/mol. The molecule has 1 aliphatic carbocycles. The fourth-order valence-corrected chi connectivity index (χ4v) is 2.34. The van der Waals surface area contributed by atoms with Gasteiger partial charge in [0.2, 0.25) is 0 Å². The van der Waals surface area contributed by atoms with Crippen molar-refractivity contribution in [3.05, 3.63) is 0 Å². The van der Waals surface area contributed by atoms with Gasteiger partial charge in [-0.05, 0) is 51.0 Å². The summed E-state index contributed by atoms with van der Waals surface area (Å²) in [7, 11) is 2.06. The Kier molecular flexibility index (Phi) is 4.90. The van der Waals surface area contributed by atoms with Crippen LogP contribution < -0.4 is 5.32 Å². The van der Waals surface area contributed by atoms with Gasteiger partial charge in [-0.3, -0.25) is 0 Å². The molecule has 0 radical (unpaired) electrons. The van der Waals surface area contributed by atoms with Gasteiger partial charge in [0.1, 0.15) is 0 Å². The molecule has 1 fully saturated rings. The van der Waals surface area contributed by atoms with Crippen LogP contribution in [0.2, 0.25) is 0 Å². The molecule has 84 valence electrons. The zero-order valence-corrected chi connectivity index (χ0v) is 9.94. The molecule has 2 nitrogen and oxygen atoms in total. The second kappa shape index (κ2) is 5.72. The highest BCUT2D eigenvalue weighted by Gasteiger charge is 2.40. The van der Waals surface area contributed by atoms with E-state index >= 15 is 0 Å². The molecule has 0 aromatic heterocycles. The van der Waals surface area contributed by atoms with E-state index in [2.05, 4.69) is 26.2 Å². The molecule has 0 aromatic rings. The van der Waals surface area contributed by atoms with E-state index in [0.717, 1.165) is 25.7 Å². The van der Waals surface area contributed by atoms with Crippen molar-refractivity contribution in [1.29, 1.82) is 0 Å². The Balaban J connectivity index is 2.21. The van der Waals surface area contributed by atoms with Crippen molar-refractivity contribution in [3.8, 4) is 0 Å². The normalized spacial score (nSPS) is 20.8. The standard InChI is InChI=1S/C12H25NO/c1-4-14-9-5-8-12(2,10-13-3)11-6-7-11/h11,13H,4-10H2,1-3H3. The van der Waals surface area contributed by atoms with Crippen molar-refractivity contribution in [1.82, 2.24) is 5.32 Å². The highest BCUT2D eigenvalue weighted by Crippen LogP contribution is 2.47. The maximum absolute atomic E-state index is 5.39. The first-order valence-corrected chi connectivity index (χ1v) is 5.95. The molecular formula is C12H25NO. The van der Waals surface area contributed by atoms with Crippen LogP contribution in [0.15, 0.2) is 0 Å². The maximum Gasteiger partial charge on any atom is 0.0466 e. The van der Waals surface area contributed by atoms with Crippen LogP contribution >= 0.6 is 0 Å². The van der Waals surface area contributed by atoms with E-state index in [1.807, 2.05) is 0 Å². The van der Waals surface area contributed by atoms with Crippen LogP contribution in [0.5, 0.6) is 0 Å². The molecule has 1 rings (SSSR count). The third-order valence-electron chi connectivity index (χ3n) is 3.38. The molecule has 0 spiro atoms. The maximum atomic E-state index is 5.39. The quantitative estimate of drug-likeness (QED) is 0.606. The molecule has 1 saturated carbocycles. The highest BCUT2D eigenvalue weighted by atomic mass is 16.5. The van der Waals surface area contributed by atoms with Crippen molar-refractivity contribution in [3.63, 3.8) is 0 Å². The highest BCUT2D eigenvalue weighted by molar-refractivity contribution is 4.92. The minimum absolute atomic E-state index is 0.520. The second-order valence-corrected chi connectivity index (χ2v) is 4.76. The summed E-state index contributed by atoms with van der Waals surface area (Å²) in [4.78, 5) is 0. The number of ether oxygens (including phenoxy) is 1. The van der Waals surface area contributed by atoms with Gasteiger partial charge in [-0.25, -0.2) is 0 Å². The summed E-state index contributed by atoms with van der Waals surface area (Å²) >= 11 is 0. The van der Waals surface area contributed by atoms with Crippen molar-refractivity contribution in [2.24, 2.45) is 11.3 Å². The van der Waals surface area contributed by atoms with Gasteiger partial charge in [-0.2, -0.15) is 0 Å². The SMILES string of the molecule is CCOCCCC(C)(CNC)C1CC1. The van der Waals surface area contributed by atoms with E-state index in [0.29, 0.717) is 5.41 Å². The topological polar surface area (TPSA) is 21.3 Å². The fourth-order valence-electron chi connectivity index (χ4n) is 2.34. The van der Waals surface area contributed by atoms with Gasteiger partial charge in [-0.1, -0.05) is 6.92 Å². The van der Waals surface area contributed by atoms with Gasteiger partial charge in [-0.15, -0.1) is 0 Å². The molecule has 0 heterocycles. The zero-order chi connectivity index (χ0) is 10.4. The second-order valence-electron chi connectivity index (χ2n) is 4.76. The number of rotatable bonds is 8. The fraction of sp³-hybridized carbons (Fsp3) is 1.00. The molecule has 0 bridgehead atoms. The minimum Gasteiger partial charge on any atom is -0.382 e. The summed E-state index contributed by atoms with van der Waals surface area (Å²) in [6.07, 6.45) is 5.39. The summed E-state index contributed by atoms with van der Waals surface area (Å²) in [6.45, 7) is 7.43. The Hall–Kier alpha value is -0.0800. The van der Waals surface area contributed by atoms with Gasteiger partial charge in [0, 0.05) is 19.8 Å². The van der Waals surface area contributed by atoms with Crippen molar-refractivity contribution < 1.29 is 4.74 Å². The number of nitrogens with one attached hydrogen (secondary N) is 1. The first-order valence-electron chi connectivity index (χ1n) is 5.95. The molecule has 1 aliphatic rings. The summed E-state index contributed by atoms with van der Waals surface area (Å²) in [5.74, 6) is 0.969. The van der Waals surface area contributed by atoms with Crippen LogP contribution in [0, 0.1) is 11.3 Å². The van der Waals surface area contributed by atoms with Crippen molar-refractivity contribution in [2.75, 3.05) is 26.8 Å². The lowest BCUT2D eigenvalue weighted by Crippen LogP contribution is -2.32. The first-order chi connectivity index (χ1) is 6.73. The predicted octanol–water partition coefficient (Wildman–Crippen LogP) is 2.44. The van der Waals surface area contributed by atoms with E-state index < -0.39 is 0 Å². The lowest BCUT2D eigenvalue weighted by atomic mass is 9.80. The van der Waals surface area contributed by atoms with Crippen molar-refractivity contribution >= 4 is 0 Å². The summed E-state index contributed by atoms with van der Waals surface area (Å²) in [5, 5.41) is 3.33. The molecule has 1 N–H and O–H groups in total. The monoisotopic (exact) mass is 199 g/mol. The van der Waals surface area contributed by atoms with E-state index in [4.69, 9.17) is 4.74 Å². The smallest absolute Gasteiger partial charge is 0.0466 e. The molecule has 14 heavy (non-hydrogen) atoms. The van der Waals surface area contributed by atoms with Gasteiger partial charge < -0.3 is 10.1 Å². The van der Waals surface area contributed by atoms with Crippen LogP contribution in [-0.4, -0.2) is 26.8 Å². The van der Waals surface area contributed by atoms with Crippen LogP contribution in [0.1, 0.15) is 39.5 Å². The van der Waals surface area contributed by atoms with Gasteiger partial charge in [0.05, 0.1) is 0 Å². The van der Waals surface area contributed by atoms with E-state index in [1.165, 1.54) is 25.7 Å². The van der Waals surface area contributed by atoms with Crippen LogP contribution in [-0.2, 0) is 4.74 Å². The lowest BCUT2D eigenvalue weighted by Gasteiger charge is -2.29. The zero-order valence-electron chi connectivity index (χ0n) is 9.94. The molecule has 1 unspecified atom stereocenters. The van der Waals surface area contributed by atoms with E-state index in [-0.39, 0.29) is 0 Å². The van der Waals surface area contributed by atoms with Crippen LogP contribution in [0.25, 0.3) is 0 Å². The Morgan fingerprint density at radius 2 is 2.14 bits per heavy atom. The van der Waals surface area contributed by atoms with Gasteiger partial charge in [0.25, 0.3) is 0 Å². The Morgan fingerprint density at radius 1 is 1.43 bits per heavy atom. The summed E-state index contributed by atoms with van der Waals surface area (Å²) in [5.41, 5.74) is 0.520. The van der Waals surface area contributed by atoms with Gasteiger partial charge >= 0.3 is 0 Å². The lowest BCUT2D eigenvalue weighted by molar-refractivity contribution is 0.125. The third kappa shape index (κ3) is 3.58. The minimum atomic E-state index is 0.520. The summed E-state index contributed by atoms with van der Waals surface area (Å²) in [6, 6.07) is 0. The number of hydrogen-bond donors (Lipinski definition) is 1. The van der Waals surface area contributed by atoms with Crippen LogP contribution in [0.3, 0.4) is 0 Å². The first kappa shape index (κ1) is 12.0. The molecule has 0 saturated heterocycles. The average Bonchev–Trinajstić information content (AvgIpc) is 2.96. The Labute approximate surface area is 88.4 Å². The average molecular weight is 199 g/mol. The van der Waals surface area contributed by atoms with Gasteiger partial charge in [0.15, 0.2) is 0 Å². The molecule has 0 amide bonds. The largest absolute Gasteiger partial charge is 0.382 e. The summed E-state index contributed by atoms with van der Waals surface area (Å²) < 4.78 is 5.39. The number of hydrogen-bond acceptors (Lipinski definition) is 2. The van der Waals surface area contributed by atoms with Crippen molar-refractivity contribution in [2.45, 2.75) is 39.5 Å². The van der Waals surface area contributed by atoms with E-state index in [9.17, 15) is 0 Å². The van der Waals surface area contributed by atoms with E-state index in [1.54, 1.807) is 0 Å². The molecule has 2 heteroatoms. The molecular weight excluding hydrogens is 174 g/mol. The Morgan fingerprint density at radius 3 is 2.64 bits per heavy atom. The van der Waals surface area contributed by atoms with Crippen LogP contribution in [0.4, 0.5) is 0 Å². The molecule has 0 aromatic carbocycles. The molecule has 1 atom stereocenters.